The molecule has 2 aromatic heterocycles. The third-order valence-corrected chi connectivity index (χ3v) is 3.49. The highest BCUT2D eigenvalue weighted by molar-refractivity contribution is 5.59. The number of rotatable bonds is 3. The number of aromatic nitrogens is 4. The molecule has 3 aromatic rings. The highest BCUT2D eigenvalue weighted by Crippen LogP contribution is 2.32. The predicted molar refractivity (Wildman–Crippen MR) is 76.4 cm³/mol. The van der Waals surface area contributed by atoms with Crippen molar-refractivity contribution in [2.45, 2.75) is 26.6 Å². The molecule has 0 saturated carbocycles. The average Bonchev–Trinajstić information content (AvgIpc) is 3.13. The van der Waals surface area contributed by atoms with Crippen LogP contribution >= 0.6 is 0 Å². The molecule has 0 aliphatic carbocycles. The average molecular weight is 322 g/mol. The third-order valence-electron chi connectivity index (χ3n) is 3.49. The van der Waals surface area contributed by atoms with Gasteiger partial charge in [-0.1, -0.05) is 6.07 Å². The van der Waals surface area contributed by atoms with Crippen molar-refractivity contribution in [2.24, 2.45) is 0 Å². The number of alkyl halides is 3. The van der Waals surface area contributed by atoms with Crippen molar-refractivity contribution in [1.82, 2.24) is 20.0 Å². The van der Waals surface area contributed by atoms with Crippen LogP contribution in [0.15, 0.2) is 34.9 Å². The van der Waals surface area contributed by atoms with Crippen molar-refractivity contribution in [3.8, 4) is 22.9 Å². The summed E-state index contributed by atoms with van der Waals surface area (Å²) in [6.07, 6.45) is -2.82. The van der Waals surface area contributed by atoms with Crippen molar-refractivity contribution >= 4 is 0 Å². The lowest BCUT2D eigenvalue weighted by Crippen LogP contribution is -2.04. The van der Waals surface area contributed by atoms with E-state index in [2.05, 4.69) is 15.3 Å². The van der Waals surface area contributed by atoms with Crippen molar-refractivity contribution in [1.29, 1.82) is 0 Å². The lowest BCUT2D eigenvalue weighted by atomic mass is 10.1. The SMILES string of the molecule is CCn1ncc(-c2nnc(-c3cccc(C(F)(F)F)c3)o2)c1C. The molecule has 0 radical (unpaired) electrons. The fraction of sp³-hybridized carbons (Fsp3) is 0.267. The number of hydrogen-bond acceptors (Lipinski definition) is 4. The topological polar surface area (TPSA) is 56.7 Å². The van der Waals surface area contributed by atoms with Gasteiger partial charge in [0.25, 0.3) is 5.89 Å². The largest absolute Gasteiger partial charge is 0.416 e. The summed E-state index contributed by atoms with van der Waals surface area (Å²) < 4.78 is 45.6. The van der Waals surface area contributed by atoms with Gasteiger partial charge in [0.1, 0.15) is 0 Å². The lowest BCUT2D eigenvalue weighted by molar-refractivity contribution is -0.137. The summed E-state index contributed by atoms with van der Waals surface area (Å²) in [5, 5.41) is 11.9. The van der Waals surface area contributed by atoms with E-state index < -0.39 is 11.7 Å². The Morgan fingerprint density at radius 1 is 1.17 bits per heavy atom. The summed E-state index contributed by atoms with van der Waals surface area (Å²) in [5.74, 6) is 0.268. The molecule has 0 spiro atoms. The first-order valence-electron chi connectivity index (χ1n) is 6.94. The van der Waals surface area contributed by atoms with Crippen LogP contribution < -0.4 is 0 Å². The van der Waals surface area contributed by atoms with E-state index in [1.807, 2.05) is 13.8 Å². The summed E-state index contributed by atoms with van der Waals surface area (Å²) in [6.45, 7) is 4.51. The third kappa shape index (κ3) is 2.84. The first-order valence-corrected chi connectivity index (χ1v) is 6.94. The van der Waals surface area contributed by atoms with E-state index in [0.29, 0.717) is 12.1 Å². The number of halogens is 3. The van der Waals surface area contributed by atoms with Gasteiger partial charge in [-0.25, -0.2) is 0 Å². The summed E-state index contributed by atoms with van der Waals surface area (Å²) in [5.41, 5.74) is 0.980. The lowest BCUT2D eigenvalue weighted by Gasteiger charge is -2.06. The molecular weight excluding hydrogens is 309 g/mol. The Morgan fingerprint density at radius 2 is 1.91 bits per heavy atom. The van der Waals surface area contributed by atoms with Gasteiger partial charge < -0.3 is 4.42 Å². The maximum absolute atomic E-state index is 12.8. The van der Waals surface area contributed by atoms with E-state index in [1.54, 1.807) is 10.9 Å². The quantitative estimate of drug-likeness (QED) is 0.733. The summed E-state index contributed by atoms with van der Waals surface area (Å²) in [4.78, 5) is 0. The second-order valence-electron chi connectivity index (χ2n) is 4.95. The van der Waals surface area contributed by atoms with Crippen LogP contribution in [-0.2, 0) is 12.7 Å². The van der Waals surface area contributed by atoms with Crippen LogP contribution in [0.5, 0.6) is 0 Å². The molecule has 1 aromatic carbocycles. The van der Waals surface area contributed by atoms with Crippen LogP contribution in [0.1, 0.15) is 18.2 Å². The van der Waals surface area contributed by atoms with Crippen molar-refractivity contribution < 1.29 is 17.6 Å². The van der Waals surface area contributed by atoms with Crippen LogP contribution in [-0.4, -0.2) is 20.0 Å². The molecule has 0 unspecified atom stereocenters. The second kappa shape index (κ2) is 5.53. The fourth-order valence-electron chi connectivity index (χ4n) is 2.25. The van der Waals surface area contributed by atoms with Crippen LogP contribution in [0, 0.1) is 6.92 Å². The minimum absolute atomic E-state index is 0.0368. The first kappa shape index (κ1) is 15.3. The highest BCUT2D eigenvalue weighted by Gasteiger charge is 2.31. The number of nitrogens with zero attached hydrogens (tertiary/aromatic N) is 4. The second-order valence-corrected chi connectivity index (χ2v) is 4.95. The number of hydrogen-bond donors (Lipinski definition) is 0. The fourth-order valence-corrected chi connectivity index (χ4v) is 2.25. The Hall–Kier alpha value is -2.64. The molecule has 8 heteroatoms. The normalized spacial score (nSPS) is 11.9. The van der Waals surface area contributed by atoms with Gasteiger partial charge >= 0.3 is 6.18 Å². The molecule has 0 aliphatic rings. The molecule has 0 fully saturated rings. The Bertz CT molecular complexity index is 835. The Labute approximate surface area is 129 Å². The Balaban J connectivity index is 1.98. The van der Waals surface area contributed by atoms with E-state index >= 15 is 0 Å². The van der Waals surface area contributed by atoms with Crippen molar-refractivity contribution in [3.63, 3.8) is 0 Å². The zero-order valence-electron chi connectivity index (χ0n) is 12.4. The van der Waals surface area contributed by atoms with Crippen LogP contribution in [0.3, 0.4) is 0 Å². The first-order chi connectivity index (χ1) is 10.9. The number of aryl methyl sites for hydroxylation is 1. The summed E-state index contributed by atoms with van der Waals surface area (Å²) >= 11 is 0. The Morgan fingerprint density at radius 3 is 2.57 bits per heavy atom. The molecule has 120 valence electrons. The molecule has 5 nitrogen and oxygen atoms in total. The summed E-state index contributed by atoms with van der Waals surface area (Å²) in [7, 11) is 0. The standard InChI is InChI=1S/C15H13F3N4O/c1-3-22-9(2)12(8-19-22)14-21-20-13(23-14)10-5-4-6-11(7-10)15(16,17)18/h4-8H,3H2,1-2H3. The van der Waals surface area contributed by atoms with E-state index in [1.165, 1.54) is 12.1 Å². The van der Waals surface area contributed by atoms with Crippen molar-refractivity contribution in [2.75, 3.05) is 0 Å². The maximum Gasteiger partial charge on any atom is 0.416 e. The van der Waals surface area contributed by atoms with E-state index in [0.717, 1.165) is 17.8 Å². The minimum atomic E-state index is -4.42. The molecule has 0 amide bonds. The van der Waals surface area contributed by atoms with Crippen molar-refractivity contribution in [3.05, 3.63) is 41.7 Å². The minimum Gasteiger partial charge on any atom is -0.416 e. The number of benzene rings is 1. The monoisotopic (exact) mass is 322 g/mol. The van der Waals surface area contributed by atoms with E-state index in [-0.39, 0.29) is 17.3 Å². The van der Waals surface area contributed by atoms with Gasteiger partial charge in [0.05, 0.1) is 17.3 Å². The summed E-state index contributed by atoms with van der Waals surface area (Å²) in [6, 6.07) is 4.78. The molecule has 0 bridgehead atoms. The van der Waals surface area contributed by atoms with Gasteiger partial charge in [-0.15, -0.1) is 10.2 Å². The molecule has 0 saturated heterocycles. The van der Waals surface area contributed by atoms with Crippen LogP contribution in [0.25, 0.3) is 22.9 Å². The highest BCUT2D eigenvalue weighted by atomic mass is 19.4. The predicted octanol–water partition coefficient (Wildman–Crippen LogP) is 3.95. The zero-order valence-corrected chi connectivity index (χ0v) is 12.4. The Kier molecular flexibility index (Phi) is 3.67. The molecule has 23 heavy (non-hydrogen) atoms. The van der Waals surface area contributed by atoms with Gasteiger partial charge in [0.2, 0.25) is 5.89 Å². The zero-order chi connectivity index (χ0) is 16.6. The molecule has 0 aliphatic heterocycles. The van der Waals surface area contributed by atoms with Gasteiger partial charge in [-0.2, -0.15) is 18.3 Å². The maximum atomic E-state index is 12.8. The molecular formula is C15H13F3N4O. The van der Waals surface area contributed by atoms with E-state index in [4.69, 9.17) is 4.42 Å². The van der Waals surface area contributed by atoms with Gasteiger partial charge in [0, 0.05) is 17.8 Å². The van der Waals surface area contributed by atoms with Gasteiger partial charge in [-0.3, -0.25) is 4.68 Å². The van der Waals surface area contributed by atoms with Crippen LogP contribution in [0.2, 0.25) is 0 Å². The van der Waals surface area contributed by atoms with E-state index in [9.17, 15) is 13.2 Å². The molecule has 2 heterocycles. The smallest absolute Gasteiger partial charge is 0.416 e. The molecule has 3 rings (SSSR count). The van der Waals surface area contributed by atoms with Gasteiger partial charge in [-0.05, 0) is 32.0 Å². The molecule has 0 atom stereocenters. The van der Waals surface area contributed by atoms with Crippen LogP contribution in [0.4, 0.5) is 13.2 Å². The molecule has 0 N–H and O–H groups in total. The van der Waals surface area contributed by atoms with Gasteiger partial charge in [0.15, 0.2) is 0 Å².